The quantitative estimate of drug-likeness (QED) is 0.162. The van der Waals surface area contributed by atoms with E-state index in [1.165, 1.54) is 44.9 Å². The van der Waals surface area contributed by atoms with Crippen LogP contribution in [0.25, 0.3) is 0 Å². The van der Waals surface area contributed by atoms with Crippen molar-refractivity contribution in [2.24, 2.45) is 29.6 Å². The monoisotopic (exact) mass is 538 g/mol. The Kier molecular flexibility index (Phi) is 11.4. The molecule has 214 valence electrons. The number of hydrogen-bond donors (Lipinski definition) is 0. The van der Waals surface area contributed by atoms with Crippen LogP contribution in [-0.4, -0.2) is 23.9 Å². The van der Waals surface area contributed by atoms with Crippen molar-refractivity contribution >= 4 is 0 Å². The molecule has 2 fully saturated rings. The largest absolute Gasteiger partial charge is 0.460 e. The Morgan fingerprint density at radius 3 is 1.53 bits per heavy atom. The van der Waals surface area contributed by atoms with E-state index >= 15 is 0 Å². The van der Waals surface area contributed by atoms with E-state index in [0.29, 0.717) is 11.8 Å². The molecule has 0 saturated heterocycles. The van der Waals surface area contributed by atoms with Crippen LogP contribution in [0.4, 0.5) is 39.5 Å². The van der Waals surface area contributed by atoms with Crippen molar-refractivity contribution in [1.82, 2.24) is 0 Å². The number of unbranched alkanes of at least 4 members (excludes halogenated alkanes) is 4. The molecular formula is C27H43F9. The molecule has 36 heavy (non-hydrogen) atoms. The fourth-order valence-electron chi connectivity index (χ4n) is 6.68. The van der Waals surface area contributed by atoms with Gasteiger partial charge in [-0.15, -0.1) is 0 Å². The van der Waals surface area contributed by atoms with Crippen molar-refractivity contribution < 1.29 is 39.5 Å². The van der Waals surface area contributed by atoms with Crippen LogP contribution < -0.4 is 0 Å². The molecule has 0 aromatic carbocycles. The van der Waals surface area contributed by atoms with Crippen molar-refractivity contribution in [3.05, 3.63) is 0 Å². The summed E-state index contributed by atoms with van der Waals surface area (Å²) in [6.45, 7) is 4.38. The highest BCUT2D eigenvalue weighted by Crippen LogP contribution is 2.58. The van der Waals surface area contributed by atoms with E-state index in [-0.39, 0.29) is 24.7 Å². The molecule has 0 aromatic heterocycles. The van der Waals surface area contributed by atoms with Gasteiger partial charge in [0.1, 0.15) is 0 Å². The van der Waals surface area contributed by atoms with E-state index in [9.17, 15) is 39.5 Å². The predicted octanol–water partition coefficient (Wildman–Crippen LogP) is 10.8. The Morgan fingerprint density at radius 2 is 1.06 bits per heavy atom. The third-order valence-corrected chi connectivity index (χ3v) is 8.94. The van der Waals surface area contributed by atoms with Crippen LogP contribution in [0.5, 0.6) is 0 Å². The molecule has 2 aliphatic carbocycles. The first-order valence-electron chi connectivity index (χ1n) is 13.9. The fourth-order valence-corrected chi connectivity index (χ4v) is 6.68. The van der Waals surface area contributed by atoms with Crippen LogP contribution >= 0.6 is 0 Å². The Labute approximate surface area is 210 Å². The van der Waals surface area contributed by atoms with Crippen LogP contribution in [0, 0.1) is 29.6 Å². The normalized spacial score (nSPS) is 27.8. The van der Waals surface area contributed by atoms with Crippen molar-refractivity contribution in [3.8, 4) is 0 Å². The third-order valence-electron chi connectivity index (χ3n) is 8.94. The summed E-state index contributed by atoms with van der Waals surface area (Å²) in [6.07, 6.45) is 6.43. The molecule has 0 N–H and O–H groups in total. The summed E-state index contributed by atoms with van der Waals surface area (Å²) in [6, 6.07) is 0. The lowest BCUT2D eigenvalue weighted by atomic mass is 9.65. The number of hydrogen-bond acceptors (Lipinski definition) is 0. The summed E-state index contributed by atoms with van der Waals surface area (Å²) >= 11 is 0. The Morgan fingerprint density at radius 1 is 0.556 bits per heavy atom. The van der Waals surface area contributed by atoms with Gasteiger partial charge in [-0.25, -0.2) is 0 Å². The van der Waals surface area contributed by atoms with E-state index in [0.717, 1.165) is 32.1 Å². The molecule has 0 amide bonds. The summed E-state index contributed by atoms with van der Waals surface area (Å²) in [4.78, 5) is 0. The molecule has 1 unspecified atom stereocenters. The summed E-state index contributed by atoms with van der Waals surface area (Å²) in [7, 11) is 0. The molecule has 0 heterocycles. The molecule has 2 aliphatic rings. The van der Waals surface area contributed by atoms with E-state index in [1.54, 1.807) is 0 Å². The van der Waals surface area contributed by atoms with Crippen LogP contribution in [0.1, 0.15) is 117 Å². The number of halogens is 9. The van der Waals surface area contributed by atoms with Gasteiger partial charge in [0.25, 0.3) is 0 Å². The molecular weight excluding hydrogens is 495 g/mol. The second-order valence-electron chi connectivity index (χ2n) is 11.3. The minimum Gasteiger partial charge on any atom is -0.199 e. The molecule has 2 rings (SSSR count). The van der Waals surface area contributed by atoms with Gasteiger partial charge in [-0.2, -0.15) is 39.5 Å². The minimum absolute atomic E-state index is 0.0356. The van der Waals surface area contributed by atoms with Gasteiger partial charge < -0.3 is 0 Å². The van der Waals surface area contributed by atoms with E-state index in [4.69, 9.17) is 0 Å². The first-order chi connectivity index (χ1) is 16.7. The Balaban J connectivity index is 1.88. The minimum atomic E-state index is -6.79. The predicted molar refractivity (Wildman–Crippen MR) is 124 cm³/mol. The van der Waals surface area contributed by atoms with E-state index in [1.807, 2.05) is 0 Å². The van der Waals surface area contributed by atoms with Crippen LogP contribution in [0.3, 0.4) is 0 Å². The molecule has 0 aliphatic heterocycles. The topological polar surface area (TPSA) is 0 Å². The fraction of sp³-hybridized carbons (Fsp3) is 1.00. The summed E-state index contributed by atoms with van der Waals surface area (Å²) in [5.41, 5.74) is 0. The van der Waals surface area contributed by atoms with Gasteiger partial charge in [0.2, 0.25) is 0 Å². The molecule has 0 aromatic rings. The summed E-state index contributed by atoms with van der Waals surface area (Å²) in [5.74, 6) is -19.3. The molecule has 0 nitrogen and oxygen atoms in total. The number of alkyl halides is 9. The maximum absolute atomic E-state index is 14.3. The summed E-state index contributed by atoms with van der Waals surface area (Å²) < 4.78 is 120. The maximum atomic E-state index is 14.3. The standard InChI is InChI=1S/C27H43F9/c1-3-5-6-7-8-10-19(9-4-2)20-11-13-21(14-12-20)22-15-17-23(18-16-22)24(28,29)25(30,31)26(32,33)27(34,35)36/h19-23H,3-18H2,1-2H3. The van der Waals surface area contributed by atoms with Crippen LogP contribution in [-0.2, 0) is 0 Å². The van der Waals surface area contributed by atoms with Gasteiger partial charge in [0.15, 0.2) is 0 Å². The second-order valence-corrected chi connectivity index (χ2v) is 11.3. The SMILES string of the molecule is CCCCCCCC(CCC)C1CCC(C2CCC(C(F)(F)C(F)(F)C(F)(F)C(F)(F)F)CC2)CC1. The van der Waals surface area contributed by atoms with Gasteiger partial charge in [-0.1, -0.05) is 65.2 Å². The highest BCUT2D eigenvalue weighted by Gasteiger charge is 2.82. The van der Waals surface area contributed by atoms with E-state index < -0.39 is 42.7 Å². The molecule has 0 radical (unpaired) electrons. The summed E-state index contributed by atoms with van der Waals surface area (Å²) in [5, 5.41) is 0. The molecule has 2 saturated carbocycles. The Bertz CT molecular complexity index is 628. The van der Waals surface area contributed by atoms with Crippen LogP contribution in [0.2, 0.25) is 0 Å². The molecule has 0 spiro atoms. The van der Waals surface area contributed by atoms with Gasteiger partial charge in [0.05, 0.1) is 0 Å². The maximum Gasteiger partial charge on any atom is 0.460 e. The Hall–Kier alpha value is -0.630. The first-order valence-corrected chi connectivity index (χ1v) is 13.9. The average molecular weight is 539 g/mol. The molecule has 0 bridgehead atoms. The molecule has 9 heteroatoms. The lowest BCUT2D eigenvalue weighted by Crippen LogP contribution is -2.63. The zero-order valence-corrected chi connectivity index (χ0v) is 21.6. The van der Waals surface area contributed by atoms with Gasteiger partial charge in [-0.05, 0) is 75.0 Å². The van der Waals surface area contributed by atoms with Crippen LogP contribution in [0.15, 0.2) is 0 Å². The average Bonchev–Trinajstić information content (AvgIpc) is 2.82. The van der Waals surface area contributed by atoms with Gasteiger partial charge in [0, 0.05) is 5.92 Å². The zero-order chi connectivity index (χ0) is 27.2. The first kappa shape index (κ1) is 31.6. The highest BCUT2D eigenvalue weighted by molar-refractivity contribution is 5.04. The van der Waals surface area contributed by atoms with Crippen molar-refractivity contribution in [2.45, 2.75) is 141 Å². The second kappa shape index (κ2) is 12.9. The van der Waals surface area contributed by atoms with Crippen molar-refractivity contribution in [1.29, 1.82) is 0 Å². The van der Waals surface area contributed by atoms with E-state index in [2.05, 4.69) is 13.8 Å². The zero-order valence-electron chi connectivity index (χ0n) is 21.6. The van der Waals surface area contributed by atoms with Crippen molar-refractivity contribution in [3.63, 3.8) is 0 Å². The van der Waals surface area contributed by atoms with Crippen molar-refractivity contribution in [2.75, 3.05) is 0 Å². The lowest BCUT2D eigenvalue weighted by molar-refractivity contribution is -0.404. The molecule has 1 atom stereocenters. The smallest absolute Gasteiger partial charge is 0.199 e. The number of rotatable bonds is 13. The van der Waals surface area contributed by atoms with Gasteiger partial charge >= 0.3 is 23.9 Å². The van der Waals surface area contributed by atoms with Gasteiger partial charge in [-0.3, -0.25) is 0 Å². The highest BCUT2D eigenvalue weighted by atomic mass is 19.4. The third kappa shape index (κ3) is 7.06. The lowest BCUT2D eigenvalue weighted by Gasteiger charge is -2.43.